The Balaban J connectivity index is 1.89. The Kier molecular flexibility index (Phi) is 4.84. The summed E-state index contributed by atoms with van der Waals surface area (Å²) in [5.74, 6) is 0.622. The van der Waals surface area contributed by atoms with Gasteiger partial charge < -0.3 is 14.6 Å². The summed E-state index contributed by atoms with van der Waals surface area (Å²) in [5.41, 5.74) is 3.01. The molecule has 1 aromatic heterocycles. The first-order valence-corrected chi connectivity index (χ1v) is 7.14. The number of nitrogens with zero attached hydrogens (tertiary/aromatic N) is 1. The lowest BCUT2D eigenvalue weighted by Crippen LogP contribution is -2.20. The van der Waals surface area contributed by atoms with E-state index in [-0.39, 0.29) is 0 Å². The number of hydrogen-bond acceptors (Lipinski definition) is 2. The van der Waals surface area contributed by atoms with Gasteiger partial charge in [0.25, 0.3) is 0 Å². The molecule has 3 nitrogen and oxygen atoms in total. The third-order valence-electron chi connectivity index (χ3n) is 3.61. The summed E-state index contributed by atoms with van der Waals surface area (Å²) in [6.07, 6.45) is 8.39. The van der Waals surface area contributed by atoms with Crippen LogP contribution in [0.15, 0.2) is 12.4 Å². The topological polar surface area (TPSA) is 26.2 Å². The van der Waals surface area contributed by atoms with Gasteiger partial charge in [0.05, 0.1) is 6.61 Å². The molecule has 1 heterocycles. The largest absolute Gasteiger partial charge is 0.379 e. The average molecular weight is 250 g/mol. The number of hydrogen-bond donors (Lipinski definition) is 1. The zero-order chi connectivity index (χ0) is 13.0. The van der Waals surface area contributed by atoms with E-state index in [2.05, 4.69) is 43.2 Å². The molecule has 0 bridgehead atoms. The molecule has 0 aromatic carbocycles. The molecule has 0 fully saturated rings. The molecule has 1 N–H and O–H groups in total. The van der Waals surface area contributed by atoms with Crippen LogP contribution in [0.3, 0.4) is 0 Å². The van der Waals surface area contributed by atoms with E-state index >= 15 is 0 Å². The van der Waals surface area contributed by atoms with Gasteiger partial charge in [-0.2, -0.15) is 0 Å². The number of aryl methyl sites for hydroxylation is 1. The Morgan fingerprint density at radius 3 is 3.00 bits per heavy atom. The number of aromatic nitrogens is 1. The lowest BCUT2D eigenvalue weighted by molar-refractivity contribution is 0.103. The average Bonchev–Trinajstić information content (AvgIpc) is 2.76. The van der Waals surface area contributed by atoms with Crippen LogP contribution in [0.25, 0.3) is 0 Å². The van der Waals surface area contributed by atoms with Gasteiger partial charge in [0, 0.05) is 31.6 Å². The smallest absolute Gasteiger partial charge is 0.0645 e. The maximum absolute atomic E-state index is 5.65. The standard InChI is InChI=1S/C15H26N2O/c1-12(2)11-18-8-7-17-9-13-5-4-6-15(16-3)14(13)10-17/h9-10,12,15-16H,4-8,11H2,1-3H3. The molecule has 1 aliphatic carbocycles. The second-order valence-corrected chi connectivity index (χ2v) is 5.68. The highest BCUT2D eigenvalue weighted by Crippen LogP contribution is 2.29. The van der Waals surface area contributed by atoms with Crippen molar-refractivity contribution in [3.63, 3.8) is 0 Å². The first kappa shape index (κ1) is 13.6. The molecule has 0 spiro atoms. The van der Waals surface area contributed by atoms with Gasteiger partial charge in [0.2, 0.25) is 0 Å². The summed E-state index contributed by atoms with van der Waals surface area (Å²) < 4.78 is 7.94. The minimum atomic E-state index is 0.548. The molecule has 1 aromatic rings. The predicted molar refractivity (Wildman–Crippen MR) is 74.8 cm³/mol. The second kappa shape index (κ2) is 6.39. The van der Waals surface area contributed by atoms with E-state index in [1.807, 2.05) is 0 Å². The van der Waals surface area contributed by atoms with Gasteiger partial charge in [-0.25, -0.2) is 0 Å². The maximum Gasteiger partial charge on any atom is 0.0645 e. The van der Waals surface area contributed by atoms with Crippen molar-refractivity contribution in [1.82, 2.24) is 9.88 Å². The van der Waals surface area contributed by atoms with E-state index < -0.39 is 0 Å². The summed E-state index contributed by atoms with van der Waals surface area (Å²) >= 11 is 0. The van der Waals surface area contributed by atoms with Crippen molar-refractivity contribution in [2.75, 3.05) is 20.3 Å². The van der Waals surface area contributed by atoms with E-state index in [1.165, 1.54) is 30.4 Å². The van der Waals surface area contributed by atoms with Crippen LogP contribution in [0.1, 0.15) is 43.9 Å². The number of ether oxygens (including phenoxy) is 1. The molecule has 0 aliphatic heterocycles. The molecular weight excluding hydrogens is 224 g/mol. The van der Waals surface area contributed by atoms with Crippen LogP contribution in [0.5, 0.6) is 0 Å². The Morgan fingerprint density at radius 1 is 1.44 bits per heavy atom. The summed E-state index contributed by atoms with van der Waals surface area (Å²) in [7, 11) is 2.06. The van der Waals surface area contributed by atoms with Gasteiger partial charge in [0.15, 0.2) is 0 Å². The maximum atomic E-state index is 5.65. The fourth-order valence-corrected chi connectivity index (χ4v) is 2.67. The van der Waals surface area contributed by atoms with E-state index in [0.717, 1.165) is 19.8 Å². The molecule has 1 atom stereocenters. The van der Waals surface area contributed by atoms with Gasteiger partial charge >= 0.3 is 0 Å². The lowest BCUT2D eigenvalue weighted by atomic mass is 9.91. The van der Waals surface area contributed by atoms with Crippen LogP contribution in [0.2, 0.25) is 0 Å². The Bertz CT molecular complexity index is 371. The van der Waals surface area contributed by atoms with Crippen molar-refractivity contribution in [2.24, 2.45) is 5.92 Å². The van der Waals surface area contributed by atoms with Gasteiger partial charge in [0.1, 0.15) is 0 Å². The number of fused-ring (bicyclic) bond motifs is 1. The van der Waals surface area contributed by atoms with Crippen molar-refractivity contribution < 1.29 is 4.74 Å². The highest BCUT2D eigenvalue weighted by molar-refractivity contribution is 5.30. The number of nitrogens with one attached hydrogen (secondary N) is 1. The summed E-state index contributed by atoms with van der Waals surface area (Å²) in [4.78, 5) is 0. The SMILES string of the molecule is CNC1CCCc2cn(CCOCC(C)C)cc21. The normalized spacial score (nSPS) is 19.2. The van der Waals surface area contributed by atoms with Gasteiger partial charge in [-0.05, 0) is 43.4 Å². The summed E-state index contributed by atoms with van der Waals surface area (Å²) in [6.45, 7) is 7.02. The van der Waals surface area contributed by atoms with Crippen LogP contribution in [0.4, 0.5) is 0 Å². The predicted octanol–water partition coefficient (Wildman–Crippen LogP) is 2.76. The quantitative estimate of drug-likeness (QED) is 0.786. The van der Waals surface area contributed by atoms with Gasteiger partial charge in [-0.3, -0.25) is 0 Å². The van der Waals surface area contributed by atoms with Crippen molar-refractivity contribution in [1.29, 1.82) is 0 Å². The monoisotopic (exact) mass is 250 g/mol. The molecule has 1 aliphatic rings. The first-order chi connectivity index (χ1) is 8.70. The molecule has 3 heteroatoms. The molecule has 0 saturated carbocycles. The van der Waals surface area contributed by atoms with Crippen molar-refractivity contribution in [3.05, 3.63) is 23.5 Å². The fraction of sp³-hybridized carbons (Fsp3) is 0.733. The zero-order valence-electron chi connectivity index (χ0n) is 11.9. The molecule has 18 heavy (non-hydrogen) atoms. The van der Waals surface area contributed by atoms with Crippen LogP contribution in [-0.2, 0) is 17.7 Å². The van der Waals surface area contributed by atoms with E-state index in [0.29, 0.717) is 12.0 Å². The van der Waals surface area contributed by atoms with Crippen LogP contribution < -0.4 is 5.32 Å². The van der Waals surface area contributed by atoms with Gasteiger partial charge in [-0.15, -0.1) is 0 Å². The first-order valence-electron chi connectivity index (χ1n) is 7.14. The summed E-state index contributed by atoms with van der Waals surface area (Å²) in [6, 6.07) is 0.548. The third kappa shape index (κ3) is 3.36. The summed E-state index contributed by atoms with van der Waals surface area (Å²) in [5, 5.41) is 3.41. The molecule has 0 amide bonds. The van der Waals surface area contributed by atoms with Crippen LogP contribution in [-0.4, -0.2) is 24.8 Å². The number of rotatable bonds is 6. The molecule has 0 saturated heterocycles. The molecule has 1 unspecified atom stereocenters. The molecular formula is C15H26N2O. The Labute approximate surface area is 111 Å². The van der Waals surface area contributed by atoms with Gasteiger partial charge in [-0.1, -0.05) is 13.8 Å². The third-order valence-corrected chi connectivity index (χ3v) is 3.61. The van der Waals surface area contributed by atoms with Crippen molar-refractivity contribution >= 4 is 0 Å². The van der Waals surface area contributed by atoms with Crippen molar-refractivity contribution in [3.8, 4) is 0 Å². The van der Waals surface area contributed by atoms with E-state index in [4.69, 9.17) is 4.74 Å². The molecule has 102 valence electrons. The molecule has 0 radical (unpaired) electrons. The van der Waals surface area contributed by atoms with Crippen molar-refractivity contribution in [2.45, 2.75) is 45.7 Å². The van der Waals surface area contributed by atoms with Crippen LogP contribution >= 0.6 is 0 Å². The second-order valence-electron chi connectivity index (χ2n) is 5.68. The Hall–Kier alpha value is -0.800. The minimum Gasteiger partial charge on any atom is -0.379 e. The Morgan fingerprint density at radius 2 is 2.28 bits per heavy atom. The highest BCUT2D eigenvalue weighted by atomic mass is 16.5. The lowest BCUT2D eigenvalue weighted by Gasteiger charge is -2.21. The molecule has 2 rings (SSSR count). The fourth-order valence-electron chi connectivity index (χ4n) is 2.67. The van der Waals surface area contributed by atoms with Crippen LogP contribution in [0, 0.1) is 5.92 Å². The van der Waals surface area contributed by atoms with E-state index in [1.54, 1.807) is 0 Å². The minimum absolute atomic E-state index is 0.548. The zero-order valence-corrected chi connectivity index (χ0v) is 11.9. The highest BCUT2D eigenvalue weighted by Gasteiger charge is 2.20. The van der Waals surface area contributed by atoms with E-state index in [9.17, 15) is 0 Å².